The number of halogens is 1. The highest BCUT2D eigenvalue weighted by molar-refractivity contribution is 6.31. The van der Waals surface area contributed by atoms with E-state index in [-0.39, 0.29) is 0 Å². The van der Waals surface area contributed by atoms with Crippen molar-refractivity contribution >= 4 is 11.6 Å². The first-order valence-corrected chi connectivity index (χ1v) is 7.03. The van der Waals surface area contributed by atoms with E-state index < -0.39 is 6.10 Å². The number of hydrogen-bond acceptors (Lipinski definition) is 2. The van der Waals surface area contributed by atoms with Crippen molar-refractivity contribution in [2.75, 3.05) is 7.11 Å². The van der Waals surface area contributed by atoms with Gasteiger partial charge in [-0.05, 0) is 30.2 Å². The Bertz CT molecular complexity index is 581. The molecule has 0 aliphatic carbocycles. The predicted octanol–water partition coefficient (Wildman–Crippen LogP) is 3.80. The molecule has 2 aromatic rings. The second-order valence-electron chi connectivity index (χ2n) is 4.97. The maximum absolute atomic E-state index is 10.3. The van der Waals surface area contributed by atoms with E-state index in [2.05, 4.69) is 6.07 Å². The number of ether oxygens (including phenoxy) is 1. The Morgan fingerprint density at radius 3 is 2.50 bits per heavy atom. The van der Waals surface area contributed by atoms with Gasteiger partial charge in [-0.2, -0.15) is 0 Å². The number of aryl methyl sites for hydroxylation is 1. The van der Waals surface area contributed by atoms with Crippen LogP contribution in [-0.2, 0) is 12.8 Å². The average Bonchev–Trinajstić information content (AvgIpc) is 2.41. The number of hydrogen-bond donors (Lipinski definition) is 1. The van der Waals surface area contributed by atoms with Crippen LogP contribution in [0, 0.1) is 6.92 Å². The Kier molecular flexibility index (Phi) is 5.05. The summed E-state index contributed by atoms with van der Waals surface area (Å²) in [4.78, 5) is 0. The number of aliphatic hydroxyl groups is 1. The van der Waals surface area contributed by atoms with Gasteiger partial charge in [-0.3, -0.25) is 0 Å². The highest BCUT2D eigenvalue weighted by Crippen LogP contribution is 2.23. The van der Waals surface area contributed by atoms with Gasteiger partial charge in [0.1, 0.15) is 5.75 Å². The van der Waals surface area contributed by atoms with Gasteiger partial charge in [0.25, 0.3) is 0 Å². The van der Waals surface area contributed by atoms with Crippen LogP contribution < -0.4 is 4.74 Å². The second-order valence-corrected chi connectivity index (χ2v) is 5.38. The van der Waals surface area contributed by atoms with Crippen LogP contribution in [0.15, 0.2) is 42.5 Å². The van der Waals surface area contributed by atoms with Gasteiger partial charge in [0, 0.05) is 17.9 Å². The molecule has 1 atom stereocenters. The SMILES string of the molecule is COc1ccc(C)cc1CC(O)Cc1ccccc1Cl. The molecule has 2 rings (SSSR count). The second kappa shape index (κ2) is 6.78. The summed E-state index contributed by atoms with van der Waals surface area (Å²) < 4.78 is 5.34. The maximum atomic E-state index is 10.3. The molecule has 1 N–H and O–H groups in total. The van der Waals surface area contributed by atoms with Crippen molar-refractivity contribution < 1.29 is 9.84 Å². The molecule has 0 heterocycles. The summed E-state index contributed by atoms with van der Waals surface area (Å²) in [5, 5.41) is 11.0. The quantitative estimate of drug-likeness (QED) is 0.907. The van der Waals surface area contributed by atoms with E-state index in [1.807, 2.05) is 43.3 Å². The Morgan fingerprint density at radius 1 is 1.10 bits per heavy atom. The minimum absolute atomic E-state index is 0.481. The average molecular weight is 291 g/mol. The van der Waals surface area contributed by atoms with E-state index in [0.717, 1.165) is 22.4 Å². The normalized spacial score (nSPS) is 12.2. The summed E-state index contributed by atoms with van der Waals surface area (Å²) in [5.74, 6) is 0.814. The molecule has 0 bridgehead atoms. The molecule has 20 heavy (non-hydrogen) atoms. The lowest BCUT2D eigenvalue weighted by Gasteiger charge is -2.15. The molecule has 0 aliphatic heterocycles. The summed E-state index contributed by atoms with van der Waals surface area (Å²) in [7, 11) is 1.65. The molecule has 106 valence electrons. The Labute approximate surface area is 125 Å². The molecule has 0 saturated heterocycles. The first-order chi connectivity index (χ1) is 9.60. The molecule has 0 aromatic heterocycles. The van der Waals surface area contributed by atoms with Crippen LogP contribution in [0.25, 0.3) is 0 Å². The topological polar surface area (TPSA) is 29.5 Å². The van der Waals surface area contributed by atoms with Crippen molar-refractivity contribution in [1.29, 1.82) is 0 Å². The highest BCUT2D eigenvalue weighted by atomic mass is 35.5. The number of aliphatic hydroxyl groups excluding tert-OH is 1. The zero-order valence-corrected chi connectivity index (χ0v) is 12.5. The third-order valence-corrected chi connectivity index (χ3v) is 3.67. The van der Waals surface area contributed by atoms with E-state index >= 15 is 0 Å². The maximum Gasteiger partial charge on any atom is 0.122 e. The first-order valence-electron chi connectivity index (χ1n) is 6.65. The summed E-state index contributed by atoms with van der Waals surface area (Å²) >= 11 is 6.12. The highest BCUT2D eigenvalue weighted by Gasteiger charge is 2.12. The number of rotatable bonds is 5. The summed E-state index contributed by atoms with van der Waals surface area (Å²) in [5.41, 5.74) is 3.14. The minimum Gasteiger partial charge on any atom is -0.496 e. The molecular weight excluding hydrogens is 272 g/mol. The zero-order chi connectivity index (χ0) is 14.5. The first kappa shape index (κ1) is 14.9. The molecule has 0 spiro atoms. The van der Waals surface area contributed by atoms with E-state index in [0.29, 0.717) is 17.9 Å². The molecule has 0 fully saturated rings. The van der Waals surface area contributed by atoms with Gasteiger partial charge < -0.3 is 9.84 Å². The van der Waals surface area contributed by atoms with Crippen molar-refractivity contribution in [3.05, 3.63) is 64.2 Å². The minimum atomic E-state index is -0.481. The van der Waals surface area contributed by atoms with Gasteiger partial charge in [-0.1, -0.05) is 47.5 Å². The third kappa shape index (κ3) is 3.75. The van der Waals surface area contributed by atoms with Crippen LogP contribution >= 0.6 is 11.6 Å². The van der Waals surface area contributed by atoms with Crippen LogP contribution in [0.1, 0.15) is 16.7 Å². The number of benzene rings is 2. The molecule has 0 aliphatic rings. The van der Waals surface area contributed by atoms with Crippen molar-refractivity contribution in [2.24, 2.45) is 0 Å². The molecule has 1 unspecified atom stereocenters. The van der Waals surface area contributed by atoms with Crippen molar-refractivity contribution in [2.45, 2.75) is 25.9 Å². The fourth-order valence-electron chi connectivity index (χ4n) is 2.31. The van der Waals surface area contributed by atoms with Gasteiger partial charge >= 0.3 is 0 Å². The molecule has 2 aromatic carbocycles. The predicted molar refractivity (Wildman–Crippen MR) is 82.6 cm³/mol. The van der Waals surface area contributed by atoms with Gasteiger partial charge in [-0.15, -0.1) is 0 Å². The Balaban J connectivity index is 2.10. The van der Waals surface area contributed by atoms with E-state index in [1.165, 1.54) is 0 Å². The van der Waals surface area contributed by atoms with Gasteiger partial charge in [-0.25, -0.2) is 0 Å². The largest absolute Gasteiger partial charge is 0.496 e. The smallest absolute Gasteiger partial charge is 0.122 e. The summed E-state index contributed by atoms with van der Waals surface area (Å²) in [6.07, 6.45) is 0.609. The lowest BCUT2D eigenvalue weighted by Crippen LogP contribution is -2.15. The fraction of sp³-hybridized carbons (Fsp3) is 0.294. The summed E-state index contributed by atoms with van der Waals surface area (Å²) in [6, 6.07) is 13.6. The van der Waals surface area contributed by atoms with Crippen LogP contribution in [0.2, 0.25) is 5.02 Å². The number of methoxy groups -OCH3 is 1. The third-order valence-electron chi connectivity index (χ3n) is 3.30. The van der Waals surface area contributed by atoms with E-state index in [9.17, 15) is 5.11 Å². The molecule has 2 nitrogen and oxygen atoms in total. The van der Waals surface area contributed by atoms with Crippen LogP contribution in [0.5, 0.6) is 5.75 Å². The molecule has 0 amide bonds. The van der Waals surface area contributed by atoms with Crippen LogP contribution in [0.3, 0.4) is 0 Å². The molecular formula is C17H19ClO2. The van der Waals surface area contributed by atoms with Crippen LogP contribution in [-0.4, -0.2) is 18.3 Å². The van der Waals surface area contributed by atoms with Crippen molar-refractivity contribution in [3.8, 4) is 5.75 Å². The molecule has 0 saturated carbocycles. The summed E-state index contributed by atoms with van der Waals surface area (Å²) in [6.45, 7) is 2.03. The van der Waals surface area contributed by atoms with E-state index in [4.69, 9.17) is 16.3 Å². The van der Waals surface area contributed by atoms with Gasteiger partial charge in [0.15, 0.2) is 0 Å². The van der Waals surface area contributed by atoms with Gasteiger partial charge in [0.2, 0.25) is 0 Å². The molecule has 3 heteroatoms. The Hall–Kier alpha value is -1.51. The van der Waals surface area contributed by atoms with Crippen molar-refractivity contribution in [3.63, 3.8) is 0 Å². The lowest BCUT2D eigenvalue weighted by atomic mass is 9.99. The molecule has 0 radical (unpaired) electrons. The zero-order valence-electron chi connectivity index (χ0n) is 11.8. The van der Waals surface area contributed by atoms with E-state index in [1.54, 1.807) is 7.11 Å². The lowest BCUT2D eigenvalue weighted by molar-refractivity contribution is 0.174. The van der Waals surface area contributed by atoms with Gasteiger partial charge in [0.05, 0.1) is 13.2 Å². The Morgan fingerprint density at radius 2 is 1.80 bits per heavy atom. The monoisotopic (exact) mass is 290 g/mol. The van der Waals surface area contributed by atoms with Crippen molar-refractivity contribution in [1.82, 2.24) is 0 Å². The van der Waals surface area contributed by atoms with Crippen LogP contribution in [0.4, 0.5) is 0 Å². The standard InChI is InChI=1S/C17H19ClO2/c1-12-7-8-17(20-2)14(9-12)11-15(19)10-13-5-3-4-6-16(13)18/h3-9,15,19H,10-11H2,1-2H3. The fourth-order valence-corrected chi connectivity index (χ4v) is 2.52.